The van der Waals surface area contributed by atoms with Gasteiger partial charge in [0.15, 0.2) is 0 Å². The third kappa shape index (κ3) is 5.80. The molecule has 3 heterocycles. The van der Waals surface area contributed by atoms with E-state index in [-0.39, 0.29) is 18.1 Å². The topological polar surface area (TPSA) is 132 Å². The number of halogens is 1. The maximum absolute atomic E-state index is 13.2. The molecule has 0 spiro atoms. The van der Waals surface area contributed by atoms with Crippen molar-refractivity contribution in [3.63, 3.8) is 0 Å². The summed E-state index contributed by atoms with van der Waals surface area (Å²) in [6.07, 6.45) is 4.15. The molecular weight excluding hydrogens is 576 g/mol. The van der Waals surface area contributed by atoms with Crippen molar-refractivity contribution in [2.24, 2.45) is 0 Å². The van der Waals surface area contributed by atoms with E-state index in [1.807, 2.05) is 42.5 Å². The van der Waals surface area contributed by atoms with Gasteiger partial charge in [-0.2, -0.15) is 5.26 Å². The Kier molecular flexibility index (Phi) is 8.41. The van der Waals surface area contributed by atoms with Crippen LogP contribution in [-0.4, -0.2) is 57.5 Å². The highest BCUT2D eigenvalue weighted by molar-refractivity contribution is 6.32. The van der Waals surface area contributed by atoms with Crippen LogP contribution in [0.5, 0.6) is 0 Å². The molecule has 6 rings (SSSR count). The van der Waals surface area contributed by atoms with E-state index in [1.54, 1.807) is 36.5 Å². The number of benzene rings is 3. The minimum Gasteiger partial charge on any atom is -0.378 e. The lowest BCUT2D eigenvalue weighted by molar-refractivity contribution is -0.0192. The number of rotatable bonds is 10. The molecule has 2 aromatic heterocycles. The molecule has 2 atom stereocenters. The molecule has 1 aliphatic rings. The van der Waals surface area contributed by atoms with E-state index in [2.05, 4.69) is 51.2 Å². The number of fused-ring (bicyclic) bond motifs is 1. The summed E-state index contributed by atoms with van der Waals surface area (Å²) in [5.41, 5.74) is 5.46. The summed E-state index contributed by atoms with van der Waals surface area (Å²) < 4.78 is 5.34. The van der Waals surface area contributed by atoms with Crippen LogP contribution >= 0.6 is 11.6 Å². The second kappa shape index (κ2) is 12.7. The number of likely N-dealkylation sites (tertiary alicyclic amines) is 1. The molecule has 11 heteroatoms. The van der Waals surface area contributed by atoms with Crippen LogP contribution in [0.2, 0.25) is 5.02 Å². The summed E-state index contributed by atoms with van der Waals surface area (Å²) in [7, 11) is 1.65. The van der Waals surface area contributed by atoms with Crippen molar-refractivity contribution in [3.05, 3.63) is 112 Å². The Labute approximate surface area is 260 Å². The Bertz CT molecular complexity index is 1820. The first-order valence-corrected chi connectivity index (χ1v) is 14.8. The lowest BCUT2D eigenvalue weighted by Gasteiger charge is -2.38. The quantitative estimate of drug-likeness (QED) is 0.173. The van der Waals surface area contributed by atoms with Crippen molar-refractivity contribution in [3.8, 4) is 6.07 Å². The van der Waals surface area contributed by atoms with E-state index in [9.17, 15) is 10.1 Å². The number of nitriles is 1. The summed E-state index contributed by atoms with van der Waals surface area (Å²) in [6.45, 7) is 3.23. The van der Waals surface area contributed by atoms with Crippen LogP contribution in [0.25, 0.3) is 10.9 Å². The molecule has 1 aliphatic heterocycles. The van der Waals surface area contributed by atoms with Gasteiger partial charge in [0, 0.05) is 48.6 Å². The van der Waals surface area contributed by atoms with Gasteiger partial charge in [0.1, 0.15) is 11.8 Å². The first-order valence-electron chi connectivity index (χ1n) is 14.4. The fraction of sp³-hybridized carbons (Fsp3) is 0.242. The molecule has 222 valence electrons. The number of pyridine rings is 1. The maximum atomic E-state index is 13.2. The average Bonchev–Trinajstić information content (AvgIpc) is 3.57. The van der Waals surface area contributed by atoms with Gasteiger partial charge in [-0.1, -0.05) is 66.2 Å². The van der Waals surface area contributed by atoms with Crippen molar-refractivity contribution in [2.45, 2.75) is 31.5 Å². The average molecular weight is 607 g/mol. The van der Waals surface area contributed by atoms with Crippen LogP contribution < -0.4 is 10.6 Å². The monoisotopic (exact) mass is 606 g/mol. The fourth-order valence-corrected chi connectivity index (χ4v) is 5.74. The van der Waals surface area contributed by atoms with Gasteiger partial charge in [0.05, 0.1) is 40.6 Å². The number of ether oxygens (including phenoxy) is 1. The second-order valence-corrected chi connectivity index (χ2v) is 11.1. The molecule has 0 aliphatic carbocycles. The van der Waals surface area contributed by atoms with Crippen LogP contribution in [0.15, 0.2) is 79.1 Å². The number of nitrogens with one attached hydrogen (secondary N) is 3. The molecule has 1 amide bonds. The van der Waals surface area contributed by atoms with Crippen molar-refractivity contribution in [1.29, 1.82) is 5.26 Å². The zero-order valence-corrected chi connectivity index (χ0v) is 25.0. The predicted molar refractivity (Wildman–Crippen MR) is 170 cm³/mol. The van der Waals surface area contributed by atoms with Crippen LogP contribution in [0, 0.1) is 11.3 Å². The third-order valence-electron chi connectivity index (χ3n) is 7.95. The lowest BCUT2D eigenvalue weighted by Crippen LogP contribution is -2.54. The number of carbonyl (C=O) groups excluding carboxylic acids is 1. The zero-order chi connectivity index (χ0) is 30.6. The Morgan fingerprint density at radius 1 is 1.14 bits per heavy atom. The van der Waals surface area contributed by atoms with Crippen molar-refractivity contribution < 1.29 is 9.53 Å². The normalized spacial score (nSPS) is 14.5. The second-order valence-electron chi connectivity index (χ2n) is 10.7. The largest absolute Gasteiger partial charge is 0.378 e. The number of aromatic nitrogens is 4. The maximum Gasteiger partial charge on any atom is 0.254 e. The Morgan fingerprint density at radius 3 is 2.64 bits per heavy atom. The highest BCUT2D eigenvalue weighted by atomic mass is 35.5. The summed E-state index contributed by atoms with van der Waals surface area (Å²) in [6, 6.07) is 23.0. The summed E-state index contributed by atoms with van der Waals surface area (Å²) in [5, 5.41) is 29.4. The van der Waals surface area contributed by atoms with Crippen molar-refractivity contribution in [2.75, 3.05) is 30.8 Å². The number of aromatic amines is 1. The molecule has 0 saturated carbocycles. The van der Waals surface area contributed by atoms with E-state index in [4.69, 9.17) is 21.3 Å². The fourth-order valence-electron chi connectivity index (χ4n) is 5.52. The van der Waals surface area contributed by atoms with Gasteiger partial charge in [-0.15, -0.1) is 5.10 Å². The molecule has 5 aromatic rings. The summed E-state index contributed by atoms with van der Waals surface area (Å²) in [4.78, 5) is 19.7. The first kappa shape index (κ1) is 29.1. The molecule has 44 heavy (non-hydrogen) atoms. The number of anilines is 2. The minimum absolute atomic E-state index is 0.0296. The first-order chi connectivity index (χ1) is 21.5. The van der Waals surface area contributed by atoms with Gasteiger partial charge in [-0.25, -0.2) is 0 Å². The molecular formula is C33H31ClN8O2. The van der Waals surface area contributed by atoms with E-state index >= 15 is 0 Å². The van der Waals surface area contributed by atoms with Gasteiger partial charge in [-0.3, -0.25) is 14.9 Å². The van der Waals surface area contributed by atoms with Gasteiger partial charge < -0.3 is 20.3 Å². The van der Waals surface area contributed by atoms with Gasteiger partial charge in [0.2, 0.25) is 0 Å². The molecule has 1 fully saturated rings. The number of H-pyrrole nitrogens is 1. The Balaban J connectivity index is 1.39. The van der Waals surface area contributed by atoms with Crippen LogP contribution in [0.4, 0.5) is 11.4 Å². The smallest absolute Gasteiger partial charge is 0.254 e. The Hall–Kier alpha value is -4.98. The van der Waals surface area contributed by atoms with Crippen LogP contribution in [0.1, 0.15) is 58.2 Å². The Morgan fingerprint density at radius 2 is 1.93 bits per heavy atom. The van der Waals surface area contributed by atoms with Crippen LogP contribution in [0.3, 0.4) is 0 Å². The molecule has 3 N–H and O–H groups in total. The van der Waals surface area contributed by atoms with Crippen molar-refractivity contribution in [1.82, 2.24) is 25.3 Å². The SMILES string of the molecule is CC[C@@H](Nc1c(C#N)cnc2c(N[C@@H](c3cccc(C(=O)N4CC(OC)C4)c3)c3c[nH]nn3)cc(Cl)cc12)c1ccccc1. The molecule has 3 aromatic carbocycles. The van der Waals surface area contributed by atoms with Crippen LogP contribution in [-0.2, 0) is 4.74 Å². The highest BCUT2D eigenvalue weighted by Crippen LogP contribution is 2.38. The van der Waals surface area contributed by atoms with E-state index in [0.29, 0.717) is 57.2 Å². The highest BCUT2D eigenvalue weighted by Gasteiger charge is 2.31. The van der Waals surface area contributed by atoms with E-state index in [0.717, 1.165) is 17.5 Å². The summed E-state index contributed by atoms with van der Waals surface area (Å²) >= 11 is 6.71. The molecule has 0 radical (unpaired) electrons. The number of hydrogen-bond donors (Lipinski definition) is 3. The van der Waals surface area contributed by atoms with Gasteiger partial charge in [0.25, 0.3) is 5.91 Å². The minimum atomic E-state index is -0.493. The van der Waals surface area contributed by atoms with Crippen molar-refractivity contribution >= 4 is 39.8 Å². The summed E-state index contributed by atoms with van der Waals surface area (Å²) in [5.74, 6) is -0.0578. The number of nitrogens with zero attached hydrogens (tertiary/aromatic N) is 5. The molecule has 1 saturated heterocycles. The number of amides is 1. The van der Waals surface area contributed by atoms with E-state index < -0.39 is 6.04 Å². The predicted octanol–water partition coefficient (Wildman–Crippen LogP) is 6.11. The van der Waals surface area contributed by atoms with E-state index in [1.165, 1.54) is 0 Å². The standard InChI is InChI=1S/C33H31ClN8O2/c1-3-27(20-8-5-4-6-9-20)38-30-23(15-35)16-36-32-26(30)13-24(34)14-28(32)39-31(29-17-37-41-40-29)21-10-7-11-22(12-21)33(43)42-18-25(19-42)44-2/h4-14,16-17,25,27,31,39H,3,18-19H2,1-2H3,(H,36,38)(H,37,40,41)/t27-,31+/m1/s1. The number of hydrogen-bond acceptors (Lipinski definition) is 8. The zero-order valence-electron chi connectivity index (χ0n) is 24.3. The third-order valence-corrected chi connectivity index (χ3v) is 8.17. The molecule has 10 nitrogen and oxygen atoms in total. The number of carbonyl (C=O) groups is 1. The number of methoxy groups -OCH3 is 1. The van der Waals surface area contributed by atoms with Gasteiger partial charge in [-0.05, 0) is 41.8 Å². The lowest BCUT2D eigenvalue weighted by atomic mass is 9.99. The van der Waals surface area contributed by atoms with Gasteiger partial charge >= 0.3 is 0 Å². The molecule has 0 unspecified atom stereocenters. The molecule has 0 bridgehead atoms.